The van der Waals surface area contributed by atoms with E-state index in [1.807, 2.05) is 0 Å². The van der Waals surface area contributed by atoms with Crippen LogP contribution in [-0.2, 0) is 14.4 Å². The fourth-order valence-corrected chi connectivity index (χ4v) is 2.45. The van der Waals surface area contributed by atoms with Crippen molar-refractivity contribution in [2.75, 3.05) is 5.73 Å². The van der Waals surface area contributed by atoms with Crippen molar-refractivity contribution in [2.24, 2.45) is 5.73 Å². The van der Waals surface area contributed by atoms with E-state index in [9.17, 15) is 18.3 Å². The minimum Gasteiger partial charge on any atom is -0.507 e. The number of aromatic hydroxyl groups is 1. The number of anilines is 1. The third kappa shape index (κ3) is 2.73. The molecule has 0 atom stereocenters. The Morgan fingerprint density at radius 3 is 2.60 bits per heavy atom. The number of hydroxylamine groups is 1. The van der Waals surface area contributed by atoms with Gasteiger partial charge in [-0.15, -0.1) is 4.28 Å². The Balaban J connectivity index is 2.52. The predicted molar refractivity (Wildman–Crippen MR) is 71.0 cm³/mol. The van der Waals surface area contributed by atoms with Gasteiger partial charge in [-0.3, -0.25) is 0 Å². The van der Waals surface area contributed by atoms with Crippen molar-refractivity contribution in [3.63, 3.8) is 0 Å². The van der Waals surface area contributed by atoms with Crippen molar-refractivity contribution in [3.8, 4) is 5.75 Å². The van der Waals surface area contributed by atoms with E-state index in [1.54, 1.807) is 12.1 Å². The second kappa shape index (κ2) is 4.87. The number of fused-ring (bicyclic) bond motifs is 1. The third-order valence-electron chi connectivity index (χ3n) is 2.47. The molecule has 0 fully saturated rings. The number of nitrogen functional groups attached to an aromatic ring is 1. The van der Waals surface area contributed by atoms with E-state index in [1.165, 1.54) is 17.6 Å². The van der Waals surface area contributed by atoms with E-state index in [-0.39, 0.29) is 10.6 Å². The number of phenolic OH excluding ortho intramolecular Hbond substituents is 1. The first-order valence-electron chi connectivity index (χ1n) is 5.31. The number of primary amides is 1. The SMILES string of the molecule is NC(=O)NOS(=O)(=O)c1cc(O)c2ccc(N)cc2c1. The summed E-state index contributed by atoms with van der Waals surface area (Å²) in [6.07, 6.45) is 0. The number of nitrogens with two attached hydrogens (primary N) is 2. The van der Waals surface area contributed by atoms with Crippen LogP contribution < -0.4 is 16.9 Å². The zero-order valence-corrected chi connectivity index (χ0v) is 10.8. The molecule has 0 aliphatic carbocycles. The average molecular weight is 297 g/mol. The summed E-state index contributed by atoms with van der Waals surface area (Å²) >= 11 is 0. The number of phenols is 1. The molecule has 0 bridgehead atoms. The largest absolute Gasteiger partial charge is 0.507 e. The number of carbonyl (C=O) groups is 1. The summed E-state index contributed by atoms with van der Waals surface area (Å²) in [7, 11) is -4.29. The van der Waals surface area contributed by atoms with Crippen LogP contribution in [0.5, 0.6) is 5.75 Å². The van der Waals surface area contributed by atoms with Crippen LogP contribution in [0.2, 0.25) is 0 Å². The molecule has 2 amide bonds. The predicted octanol–water partition coefficient (Wildman–Crippen LogP) is 0.416. The van der Waals surface area contributed by atoms with Crippen molar-refractivity contribution in [3.05, 3.63) is 30.3 Å². The van der Waals surface area contributed by atoms with E-state index >= 15 is 0 Å². The summed E-state index contributed by atoms with van der Waals surface area (Å²) in [6.45, 7) is 0. The molecule has 0 heterocycles. The van der Waals surface area contributed by atoms with E-state index < -0.39 is 16.1 Å². The Kier molecular flexibility index (Phi) is 3.38. The van der Waals surface area contributed by atoms with Gasteiger partial charge in [-0.1, -0.05) is 0 Å². The highest BCUT2D eigenvalue weighted by molar-refractivity contribution is 7.86. The molecule has 2 aromatic carbocycles. The molecule has 0 saturated carbocycles. The summed E-state index contributed by atoms with van der Waals surface area (Å²) in [6, 6.07) is 5.71. The number of benzene rings is 2. The van der Waals surface area contributed by atoms with Crippen LogP contribution in [0.4, 0.5) is 10.5 Å². The smallest absolute Gasteiger partial charge is 0.337 e. The fourth-order valence-electron chi connectivity index (χ4n) is 1.63. The lowest BCUT2D eigenvalue weighted by Gasteiger charge is -2.08. The summed E-state index contributed by atoms with van der Waals surface area (Å²) in [5.41, 5.74) is 12.2. The Morgan fingerprint density at radius 1 is 1.25 bits per heavy atom. The monoisotopic (exact) mass is 297 g/mol. The van der Waals surface area contributed by atoms with E-state index in [4.69, 9.17) is 11.5 Å². The molecule has 0 unspecified atom stereocenters. The number of hydrogen-bond acceptors (Lipinski definition) is 6. The van der Waals surface area contributed by atoms with Crippen LogP contribution in [0.15, 0.2) is 35.2 Å². The van der Waals surface area contributed by atoms with Crippen molar-refractivity contribution in [2.45, 2.75) is 4.90 Å². The number of urea groups is 1. The van der Waals surface area contributed by atoms with Crippen LogP contribution in [0.25, 0.3) is 10.8 Å². The Hall–Kier alpha value is -2.52. The van der Waals surface area contributed by atoms with Crippen LogP contribution in [-0.4, -0.2) is 19.6 Å². The van der Waals surface area contributed by atoms with Gasteiger partial charge in [-0.25, -0.2) is 4.79 Å². The number of amides is 2. The van der Waals surface area contributed by atoms with E-state index in [0.29, 0.717) is 16.5 Å². The fraction of sp³-hybridized carbons (Fsp3) is 0. The van der Waals surface area contributed by atoms with Gasteiger partial charge >= 0.3 is 16.1 Å². The summed E-state index contributed by atoms with van der Waals surface area (Å²) in [5.74, 6) is -0.260. The summed E-state index contributed by atoms with van der Waals surface area (Å²) in [4.78, 5) is 10.1. The van der Waals surface area contributed by atoms with E-state index in [2.05, 4.69) is 4.28 Å². The number of rotatable bonds is 3. The number of nitrogens with one attached hydrogen (secondary N) is 1. The molecular weight excluding hydrogens is 286 g/mol. The maximum absolute atomic E-state index is 11.8. The lowest BCUT2D eigenvalue weighted by atomic mass is 10.1. The van der Waals surface area contributed by atoms with Gasteiger partial charge in [0.2, 0.25) is 0 Å². The Morgan fingerprint density at radius 2 is 1.95 bits per heavy atom. The molecular formula is C11H11N3O5S. The molecule has 9 heteroatoms. The zero-order chi connectivity index (χ0) is 14.9. The van der Waals surface area contributed by atoms with Gasteiger partial charge in [-0.05, 0) is 29.7 Å². The molecule has 8 nitrogen and oxygen atoms in total. The van der Waals surface area contributed by atoms with Gasteiger partial charge in [0.1, 0.15) is 10.6 Å². The maximum atomic E-state index is 11.8. The second-order valence-corrected chi connectivity index (χ2v) is 5.47. The van der Waals surface area contributed by atoms with Gasteiger partial charge < -0.3 is 16.6 Å². The first-order valence-corrected chi connectivity index (χ1v) is 6.71. The molecule has 0 saturated heterocycles. The molecule has 0 radical (unpaired) electrons. The first-order chi connectivity index (χ1) is 9.29. The van der Waals surface area contributed by atoms with Crippen molar-refractivity contribution in [1.29, 1.82) is 0 Å². The standard InChI is InChI=1S/C11H11N3O5S/c12-7-1-2-9-6(3-7)4-8(5-10(9)15)20(17,18)19-14-11(13)16/h1-5,15H,12H2,(H3,13,14,16). The zero-order valence-electron chi connectivity index (χ0n) is 10.0. The highest BCUT2D eigenvalue weighted by atomic mass is 32.2. The Labute approximate surface area is 114 Å². The quantitative estimate of drug-likeness (QED) is 0.477. The highest BCUT2D eigenvalue weighted by Gasteiger charge is 2.19. The average Bonchev–Trinajstić information content (AvgIpc) is 2.35. The van der Waals surface area contributed by atoms with Crippen LogP contribution in [0.3, 0.4) is 0 Å². The first kappa shape index (κ1) is 13.9. The number of hydrogen-bond donors (Lipinski definition) is 4. The van der Waals surface area contributed by atoms with Gasteiger partial charge in [0.05, 0.1) is 0 Å². The number of carbonyl (C=O) groups excluding carboxylic acids is 1. The van der Waals surface area contributed by atoms with Gasteiger partial charge in [0.15, 0.2) is 0 Å². The third-order valence-corrected chi connectivity index (χ3v) is 3.58. The summed E-state index contributed by atoms with van der Waals surface area (Å²) in [5, 5.41) is 10.7. The normalized spacial score (nSPS) is 11.4. The second-order valence-electron chi connectivity index (χ2n) is 3.93. The van der Waals surface area contributed by atoms with Crippen molar-refractivity contribution in [1.82, 2.24) is 5.48 Å². The van der Waals surface area contributed by atoms with Gasteiger partial charge in [0.25, 0.3) is 0 Å². The minimum atomic E-state index is -4.29. The maximum Gasteiger partial charge on any atom is 0.337 e. The molecule has 2 rings (SSSR count). The summed E-state index contributed by atoms with van der Waals surface area (Å²) < 4.78 is 27.8. The lowest BCUT2D eigenvalue weighted by molar-refractivity contribution is 0.189. The molecule has 6 N–H and O–H groups in total. The van der Waals surface area contributed by atoms with Crippen LogP contribution in [0, 0.1) is 0 Å². The van der Waals surface area contributed by atoms with Crippen LogP contribution in [0.1, 0.15) is 0 Å². The molecule has 0 aliphatic heterocycles. The molecule has 0 spiro atoms. The molecule has 106 valence electrons. The van der Waals surface area contributed by atoms with Crippen LogP contribution >= 0.6 is 0 Å². The molecule has 2 aromatic rings. The molecule has 0 aromatic heterocycles. The molecule has 0 aliphatic rings. The topological polar surface area (TPSA) is 145 Å². The minimum absolute atomic E-state index is 0.260. The van der Waals surface area contributed by atoms with Gasteiger partial charge in [0, 0.05) is 17.1 Å². The lowest BCUT2D eigenvalue weighted by Crippen LogP contribution is -2.31. The van der Waals surface area contributed by atoms with Crippen molar-refractivity contribution < 1.29 is 22.6 Å². The highest BCUT2D eigenvalue weighted by Crippen LogP contribution is 2.30. The Bertz CT molecular complexity index is 788. The molecule has 20 heavy (non-hydrogen) atoms. The van der Waals surface area contributed by atoms with Gasteiger partial charge in [-0.2, -0.15) is 13.9 Å². The van der Waals surface area contributed by atoms with E-state index in [0.717, 1.165) is 6.07 Å². The van der Waals surface area contributed by atoms with Crippen molar-refractivity contribution >= 4 is 32.6 Å².